The molecule has 0 radical (unpaired) electrons. The number of fused-ring (bicyclic) bond motifs is 1. The van der Waals surface area contributed by atoms with Gasteiger partial charge < -0.3 is 9.73 Å². The maximum Gasteiger partial charge on any atom is 0.221 e. The summed E-state index contributed by atoms with van der Waals surface area (Å²) in [5.41, 5.74) is 0.802. The Kier molecular flexibility index (Phi) is 4.57. The van der Waals surface area contributed by atoms with Crippen molar-refractivity contribution >= 4 is 34.0 Å². The van der Waals surface area contributed by atoms with Crippen molar-refractivity contribution in [1.29, 1.82) is 0 Å². The van der Waals surface area contributed by atoms with Crippen molar-refractivity contribution in [2.75, 3.05) is 0 Å². The van der Waals surface area contributed by atoms with Crippen molar-refractivity contribution in [3.05, 3.63) is 58.5 Å². The Morgan fingerprint density at radius 3 is 2.74 bits per heavy atom. The summed E-state index contributed by atoms with van der Waals surface area (Å²) in [6, 6.07) is 13.0. The van der Waals surface area contributed by atoms with E-state index in [1.807, 2.05) is 48.7 Å². The number of para-hydroxylation sites is 1. The third kappa shape index (κ3) is 3.68. The molecule has 3 aromatic rings. The minimum absolute atomic E-state index is 0.00606. The molecule has 3 rings (SSSR count). The van der Waals surface area contributed by atoms with E-state index in [0.29, 0.717) is 10.6 Å². The minimum Gasteiger partial charge on any atom is -0.459 e. The van der Waals surface area contributed by atoms with Gasteiger partial charge in [0.15, 0.2) is 5.78 Å². The fourth-order valence-electron chi connectivity index (χ4n) is 2.39. The number of furan rings is 1. The molecule has 1 N–H and O–H groups in total. The monoisotopic (exact) mass is 327 g/mol. The first-order chi connectivity index (χ1) is 11.1. The first-order valence-electron chi connectivity index (χ1n) is 7.48. The lowest BCUT2D eigenvalue weighted by Crippen LogP contribution is -2.26. The van der Waals surface area contributed by atoms with Gasteiger partial charge >= 0.3 is 0 Å². The van der Waals surface area contributed by atoms with Gasteiger partial charge in [-0.25, -0.2) is 0 Å². The smallest absolute Gasteiger partial charge is 0.221 e. The Morgan fingerprint density at radius 2 is 2.00 bits per heavy atom. The second kappa shape index (κ2) is 6.79. The van der Waals surface area contributed by atoms with Gasteiger partial charge in [0.2, 0.25) is 5.91 Å². The molecule has 4 nitrogen and oxygen atoms in total. The summed E-state index contributed by atoms with van der Waals surface area (Å²) in [4.78, 5) is 24.6. The van der Waals surface area contributed by atoms with Crippen molar-refractivity contribution in [3.63, 3.8) is 0 Å². The van der Waals surface area contributed by atoms with Crippen LogP contribution < -0.4 is 5.32 Å². The zero-order valence-corrected chi connectivity index (χ0v) is 13.6. The molecule has 0 aliphatic heterocycles. The molecule has 0 bridgehead atoms. The Morgan fingerprint density at radius 1 is 1.17 bits per heavy atom. The maximum atomic E-state index is 12.0. The Bertz CT molecular complexity index is 787. The molecule has 0 saturated heterocycles. The lowest BCUT2D eigenvalue weighted by Gasteiger charge is -2.10. The van der Waals surface area contributed by atoms with Crippen molar-refractivity contribution < 1.29 is 14.0 Å². The summed E-state index contributed by atoms with van der Waals surface area (Å²) in [6.07, 6.45) is 0.403. The molecule has 0 saturated carbocycles. The minimum atomic E-state index is -0.230. The standard InChI is InChI=1S/C18H17NO3S/c1-12(16-11-13-5-2-3-6-15(13)22-16)19-18(21)9-8-14(20)17-7-4-10-23-17/h2-7,10-12H,8-9H2,1H3,(H,19,21). The lowest BCUT2D eigenvalue weighted by atomic mass is 10.1. The molecular formula is C18H17NO3S. The quantitative estimate of drug-likeness (QED) is 0.685. The molecule has 1 atom stereocenters. The number of rotatable bonds is 6. The van der Waals surface area contributed by atoms with E-state index >= 15 is 0 Å². The predicted molar refractivity (Wildman–Crippen MR) is 90.7 cm³/mol. The van der Waals surface area contributed by atoms with E-state index in [9.17, 15) is 9.59 Å². The Balaban J connectivity index is 1.55. The number of hydrogen-bond acceptors (Lipinski definition) is 4. The van der Waals surface area contributed by atoms with Gasteiger partial charge in [0.05, 0.1) is 10.9 Å². The van der Waals surface area contributed by atoms with Crippen molar-refractivity contribution in [1.82, 2.24) is 5.32 Å². The first-order valence-corrected chi connectivity index (χ1v) is 8.36. The highest BCUT2D eigenvalue weighted by Crippen LogP contribution is 2.23. The van der Waals surface area contributed by atoms with Crippen LogP contribution in [0.3, 0.4) is 0 Å². The van der Waals surface area contributed by atoms with E-state index in [4.69, 9.17) is 4.42 Å². The zero-order valence-electron chi connectivity index (χ0n) is 12.7. The molecule has 118 valence electrons. The molecule has 2 aromatic heterocycles. The first kappa shape index (κ1) is 15.5. The number of ketones is 1. The highest BCUT2D eigenvalue weighted by Gasteiger charge is 2.15. The number of hydrogen-bond donors (Lipinski definition) is 1. The second-order valence-corrected chi connectivity index (χ2v) is 6.32. The summed E-state index contributed by atoms with van der Waals surface area (Å²) >= 11 is 1.40. The molecular weight excluding hydrogens is 310 g/mol. The average molecular weight is 327 g/mol. The van der Waals surface area contributed by atoms with Gasteiger partial charge in [-0.15, -0.1) is 11.3 Å². The number of carbonyl (C=O) groups excluding carboxylic acids is 2. The van der Waals surface area contributed by atoms with Crippen LogP contribution in [0, 0.1) is 0 Å². The van der Waals surface area contributed by atoms with Crippen LogP contribution in [0.5, 0.6) is 0 Å². The molecule has 2 heterocycles. The topological polar surface area (TPSA) is 59.3 Å². The predicted octanol–water partition coefficient (Wildman–Crippen LogP) is 4.33. The summed E-state index contributed by atoms with van der Waals surface area (Å²) in [7, 11) is 0. The Labute approximate surface area is 138 Å². The largest absolute Gasteiger partial charge is 0.459 e. The number of Topliss-reactive ketones (excluding diaryl/α,β-unsaturated/α-hetero) is 1. The molecule has 1 aromatic carbocycles. The molecule has 0 fully saturated rings. The van der Waals surface area contributed by atoms with Crippen LogP contribution in [0.1, 0.15) is 41.2 Å². The molecule has 0 aliphatic carbocycles. The Hall–Kier alpha value is -2.40. The van der Waals surface area contributed by atoms with E-state index in [-0.39, 0.29) is 30.6 Å². The molecule has 1 unspecified atom stereocenters. The third-order valence-electron chi connectivity index (χ3n) is 3.62. The molecule has 23 heavy (non-hydrogen) atoms. The van der Waals surface area contributed by atoms with E-state index in [2.05, 4.69) is 5.32 Å². The van der Waals surface area contributed by atoms with Gasteiger partial charge in [-0.1, -0.05) is 24.3 Å². The summed E-state index contributed by atoms with van der Waals surface area (Å²) in [6.45, 7) is 1.87. The highest BCUT2D eigenvalue weighted by molar-refractivity contribution is 7.12. The fraction of sp³-hybridized carbons (Fsp3) is 0.222. The fourth-order valence-corrected chi connectivity index (χ4v) is 3.08. The summed E-state index contributed by atoms with van der Waals surface area (Å²) in [5.74, 6) is 0.568. The van der Waals surface area contributed by atoms with Crippen LogP contribution in [0.15, 0.2) is 52.3 Å². The molecule has 1 amide bonds. The van der Waals surface area contributed by atoms with E-state index < -0.39 is 0 Å². The lowest BCUT2D eigenvalue weighted by molar-refractivity contribution is -0.121. The van der Waals surface area contributed by atoms with Gasteiger partial charge in [-0.2, -0.15) is 0 Å². The van der Waals surface area contributed by atoms with Crippen molar-refractivity contribution in [3.8, 4) is 0 Å². The second-order valence-electron chi connectivity index (χ2n) is 5.38. The van der Waals surface area contributed by atoms with Crippen LogP contribution in [0.25, 0.3) is 11.0 Å². The third-order valence-corrected chi connectivity index (χ3v) is 4.53. The van der Waals surface area contributed by atoms with E-state index in [0.717, 1.165) is 11.0 Å². The van der Waals surface area contributed by atoms with Gasteiger partial charge in [0.1, 0.15) is 11.3 Å². The van der Waals surface area contributed by atoms with Gasteiger partial charge in [0.25, 0.3) is 0 Å². The van der Waals surface area contributed by atoms with E-state index in [1.54, 1.807) is 6.07 Å². The van der Waals surface area contributed by atoms with Crippen LogP contribution in [0.4, 0.5) is 0 Å². The van der Waals surface area contributed by atoms with Gasteiger partial charge in [-0.3, -0.25) is 9.59 Å². The SMILES string of the molecule is CC(NC(=O)CCC(=O)c1cccs1)c1cc2ccccc2o1. The van der Waals surface area contributed by atoms with Gasteiger partial charge in [0, 0.05) is 18.2 Å². The van der Waals surface area contributed by atoms with Crippen molar-refractivity contribution in [2.24, 2.45) is 0 Å². The normalized spacial score (nSPS) is 12.2. The number of amides is 1. The van der Waals surface area contributed by atoms with Crippen LogP contribution >= 0.6 is 11.3 Å². The number of nitrogens with one attached hydrogen (secondary N) is 1. The molecule has 0 aliphatic rings. The van der Waals surface area contributed by atoms with Gasteiger partial charge in [-0.05, 0) is 30.5 Å². The summed E-state index contributed by atoms with van der Waals surface area (Å²) < 4.78 is 5.74. The maximum absolute atomic E-state index is 12.0. The highest BCUT2D eigenvalue weighted by atomic mass is 32.1. The van der Waals surface area contributed by atoms with Crippen LogP contribution in [0.2, 0.25) is 0 Å². The molecule has 0 spiro atoms. The average Bonchev–Trinajstić information content (AvgIpc) is 3.21. The number of benzene rings is 1. The summed E-state index contributed by atoms with van der Waals surface area (Å²) in [5, 5.41) is 5.74. The van der Waals surface area contributed by atoms with Crippen LogP contribution in [-0.2, 0) is 4.79 Å². The van der Waals surface area contributed by atoms with Crippen molar-refractivity contribution in [2.45, 2.75) is 25.8 Å². The number of carbonyl (C=O) groups is 2. The molecule has 5 heteroatoms. The zero-order chi connectivity index (χ0) is 16.2. The van der Waals surface area contributed by atoms with Crippen LogP contribution in [-0.4, -0.2) is 11.7 Å². The number of thiophene rings is 1. The van der Waals surface area contributed by atoms with E-state index in [1.165, 1.54) is 11.3 Å².